The van der Waals surface area contributed by atoms with Gasteiger partial charge in [-0.05, 0) is 108 Å². The van der Waals surface area contributed by atoms with Crippen molar-refractivity contribution in [3.05, 3.63) is 149 Å². The molecule has 0 saturated heterocycles. The molecular weight excluding hydrogens is 839 g/mol. The maximum Gasteiger partial charge on any atom is 0.185 e. The molecule has 54 heavy (non-hydrogen) atoms. The zero-order chi connectivity index (χ0) is 51.4. The molecule has 8 rings (SSSR count). The molecule has 1 radical (unpaired) electrons. The summed E-state index contributed by atoms with van der Waals surface area (Å²) in [6, 6.07) is 27.8. The summed E-state index contributed by atoms with van der Waals surface area (Å²) in [6.07, 6.45) is 6.61. The molecule has 0 aliphatic heterocycles. The number of fused-ring (bicyclic) bond motifs is 1. The normalized spacial score (nSPS) is 19.6. The van der Waals surface area contributed by atoms with Crippen LogP contribution in [0.4, 0.5) is 0 Å². The number of aryl methyl sites for hydroxylation is 5. The van der Waals surface area contributed by atoms with E-state index < -0.39 is 46.0 Å². The SMILES string of the molecule is [2H]C([2H])([2H])c1c[c-]c(-c2ccc(C([2H])([2H])[2H])cn2)cc1.[2H]C([2H])([2H])c1cc(C2([2H])CCCCC2)ccc1-c1ccc(-c2cc(-c3[c-]cc4oc(C([2H])(C)C)nc4c3)ncc2C([2H])([2H])[2H])c(C([2H])([2H])[2H])c1.[Ir]. The van der Waals surface area contributed by atoms with Crippen LogP contribution in [0.15, 0.2) is 102 Å². The van der Waals surface area contributed by atoms with Crippen LogP contribution in [0.1, 0.15) is 120 Å². The van der Waals surface area contributed by atoms with E-state index in [9.17, 15) is 0 Å². The molecule has 1 saturated carbocycles. The summed E-state index contributed by atoms with van der Waals surface area (Å²) < 4.78 is 142. The maximum atomic E-state index is 9.07. The molecule has 5 heteroatoms. The van der Waals surface area contributed by atoms with E-state index in [0.717, 1.165) is 19.3 Å². The van der Waals surface area contributed by atoms with Gasteiger partial charge in [-0.3, -0.25) is 0 Å². The molecule has 1 fully saturated rings. The maximum absolute atomic E-state index is 9.07. The fraction of sp³-hybridized carbons (Fsp3) is 0.286. The minimum absolute atomic E-state index is 0. The summed E-state index contributed by atoms with van der Waals surface area (Å²) in [4.78, 5) is 12.9. The summed E-state index contributed by atoms with van der Waals surface area (Å²) >= 11 is 0. The van der Waals surface area contributed by atoms with Gasteiger partial charge in [-0.25, -0.2) is 4.98 Å². The Morgan fingerprint density at radius 1 is 0.704 bits per heavy atom. The number of nitrogens with zero attached hydrogens (tertiary/aromatic N) is 3. The van der Waals surface area contributed by atoms with E-state index in [1.54, 1.807) is 62.4 Å². The summed E-state index contributed by atoms with van der Waals surface area (Å²) in [5, 5.41) is 0. The van der Waals surface area contributed by atoms with Gasteiger partial charge in [-0.15, -0.1) is 59.2 Å². The van der Waals surface area contributed by atoms with Crippen molar-refractivity contribution in [3.63, 3.8) is 0 Å². The first kappa shape index (κ1) is 22.6. The number of rotatable bonds is 6. The van der Waals surface area contributed by atoms with E-state index in [1.165, 1.54) is 48.8 Å². The van der Waals surface area contributed by atoms with Gasteiger partial charge in [-0.2, -0.15) is 0 Å². The molecule has 1 aliphatic carbocycles. The number of hydrogen-bond acceptors (Lipinski definition) is 4. The summed E-state index contributed by atoms with van der Waals surface area (Å²) in [5.74, 6) is -1.74. The fourth-order valence-corrected chi connectivity index (χ4v) is 6.43. The molecule has 277 valence electrons. The van der Waals surface area contributed by atoms with E-state index in [4.69, 9.17) is 27.7 Å². The van der Waals surface area contributed by atoms with Crippen LogP contribution in [0.2, 0.25) is 0 Å². The van der Waals surface area contributed by atoms with Crippen molar-refractivity contribution in [2.45, 2.75) is 92.0 Å². The molecule has 4 aromatic carbocycles. The molecule has 7 aromatic rings. The van der Waals surface area contributed by atoms with Crippen LogP contribution in [0.25, 0.3) is 55.9 Å². The van der Waals surface area contributed by atoms with Crippen molar-refractivity contribution in [3.8, 4) is 44.8 Å². The second-order valence-electron chi connectivity index (χ2n) is 13.3. The second kappa shape index (κ2) is 17.2. The fourth-order valence-electron chi connectivity index (χ4n) is 6.43. The van der Waals surface area contributed by atoms with Crippen molar-refractivity contribution in [2.24, 2.45) is 0 Å². The molecule has 0 atom stereocenters. The molecule has 3 heterocycles. The number of hydrogen-bond donors (Lipinski definition) is 0. The number of aromatic nitrogens is 3. The quantitative estimate of drug-likeness (QED) is 0.156. The second-order valence-corrected chi connectivity index (χ2v) is 13.3. The number of pyridine rings is 2. The standard InChI is InChI=1S/C36H37N2O.C13H12N.Ir/c1-22(2)36-38-34-19-29(13-16-35(34)39-36)33-20-32(25(5)21-37-33)31-15-12-28(18-24(31)4)30-14-11-27(17-23(30)3)26-9-7-6-8-10-26;1-10-3-6-12(7-4-10)13-8-5-11(2)9-14-13;/h11-12,14-22,26H,6-10H2,1-5H3;3-6,8-9H,1-2H3;/q2*-1;/i3D3,4D3,5D3,22D,26D;1D3,2D3;. The minimum Gasteiger partial charge on any atom is -0.488 e. The first-order valence-corrected chi connectivity index (χ1v) is 17.5. The summed E-state index contributed by atoms with van der Waals surface area (Å²) in [5.41, 5.74) is 4.50. The third-order valence-electron chi connectivity index (χ3n) is 9.29. The molecule has 0 amide bonds. The van der Waals surface area contributed by atoms with Crippen molar-refractivity contribution in [1.29, 1.82) is 0 Å². The molecule has 0 spiro atoms. The predicted molar refractivity (Wildman–Crippen MR) is 219 cm³/mol. The minimum atomic E-state index is -2.71. The Balaban J connectivity index is 0.000000329. The Morgan fingerprint density at radius 3 is 2.19 bits per heavy atom. The molecule has 0 bridgehead atoms. The van der Waals surface area contributed by atoms with Crippen LogP contribution in [0, 0.1) is 46.4 Å². The van der Waals surface area contributed by atoms with E-state index >= 15 is 0 Å². The summed E-state index contributed by atoms with van der Waals surface area (Å²) in [6.45, 7) is -8.92. The molecule has 0 N–H and O–H groups in total. The molecule has 3 aromatic heterocycles. The smallest absolute Gasteiger partial charge is 0.185 e. The Labute approximate surface area is 358 Å². The predicted octanol–water partition coefficient (Wildman–Crippen LogP) is 13.3. The number of oxazole rings is 1. The summed E-state index contributed by atoms with van der Waals surface area (Å²) in [7, 11) is 0. The largest absolute Gasteiger partial charge is 0.488 e. The average molecular weight is 905 g/mol. The van der Waals surface area contributed by atoms with Gasteiger partial charge in [0.15, 0.2) is 5.89 Å². The van der Waals surface area contributed by atoms with Gasteiger partial charge in [0.1, 0.15) is 0 Å². The Morgan fingerprint density at radius 2 is 1.46 bits per heavy atom. The van der Waals surface area contributed by atoms with Crippen molar-refractivity contribution in [2.75, 3.05) is 0 Å². The Hall–Kier alpha value is -4.70. The van der Waals surface area contributed by atoms with Crippen LogP contribution in [-0.4, -0.2) is 15.0 Å². The van der Waals surface area contributed by atoms with Gasteiger partial charge in [-0.1, -0.05) is 94.6 Å². The van der Waals surface area contributed by atoms with Crippen LogP contribution in [-0.2, 0) is 20.1 Å². The van der Waals surface area contributed by atoms with E-state index in [1.807, 2.05) is 0 Å². The van der Waals surface area contributed by atoms with Gasteiger partial charge < -0.3 is 14.4 Å². The first-order chi connectivity index (χ1) is 32.3. The van der Waals surface area contributed by atoms with E-state index in [2.05, 4.69) is 27.1 Å². The molecular formula is C49H49IrN3O-2. The van der Waals surface area contributed by atoms with E-state index in [-0.39, 0.29) is 64.9 Å². The Kier molecular flexibility index (Phi) is 7.20. The van der Waals surface area contributed by atoms with Crippen LogP contribution >= 0.6 is 0 Å². The van der Waals surface area contributed by atoms with Crippen LogP contribution in [0.3, 0.4) is 0 Å². The third-order valence-corrected chi connectivity index (χ3v) is 9.29. The third kappa shape index (κ3) is 8.81. The average Bonchev–Trinajstić information content (AvgIpc) is 3.73. The van der Waals surface area contributed by atoms with Gasteiger partial charge in [0.05, 0.1) is 5.58 Å². The van der Waals surface area contributed by atoms with Crippen LogP contribution in [0.5, 0.6) is 0 Å². The van der Waals surface area contributed by atoms with Crippen molar-refractivity contribution >= 4 is 11.1 Å². The molecule has 4 nitrogen and oxygen atoms in total. The first-order valence-electron chi connectivity index (χ1n) is 26.0. The zero-order valence-electron chi connectivity index (χ0n) is 46.9. The van der Waals surface area contributed by atoms with Gasteiger partial charge >= 0.3 is 0 Å². The van der Waals surface area contributed by atoms with Crippen molar-refractivity contribution in [1.82, 2.24) is 15.0 Å². The van der Waals surface area contributed by atoms with Crippen LogP contribution < -0.4 is 0 Å². The van der Waals surface area contributed by atoms with Gasteiger partial charge in [0.2, 0.25) is 0 Å². The molecule has 1 aliphatic rings. The number of benzene rings is 4. The topological polar surface area (TPSA) is 51.8 Å². The Bertz CT molecular complexity index is 2940. The van der Waals surface area contributed by atoms with E-state index in [0.29, 0.717) is 63.1 Å². The van der Waals surface area contributed by atoms with Gasteiger partial charge in [0.25, 0.3) is 0 Å². The van der Waals surface area contributed by atoms with Crippen molar-refractivity contribution < 1.29 is 47.8 Å². The van der Waals surface area contributed by atoms with Gasteiger partial charge in [0, 0.05) is 67.2 Å². The zero-order valence-corrected chi connectivity index (χ0v) is 32.3. The monoisotopic (exact) mass is 905 g/mol. The molecule has 0 unspecified atom stereocenters.